The molecule has 0 unspecified atom stereocenters. The van der Waals surface area contributed by atoms with Gasteiger partial charge in [0.25, 0.3) is 0 Å². The van der Waals surface area contributed by atoms with Crippen LogP contribution < -0.4 is 5.73 Å². The van der Waals surface area contributed by atoms with Gasteiger partial charge in [0.05, 0.1) is 0 Å². The molecule has 0 bridgehead atoms. The summed E-state index contributed by atoms with van der Waals surface area (Å²) in [5.41, 5.74) is 7.72. The largest absolute Gasteiger partial charge is 0.449 e. The topological polar surface area (TPSA) is 26.0 Å². The number of benzene rings is 1. The van der Waals surface area contributed by atoms with Crippen LogP contribution in [0, 0.1) is 5.92 Å². The van der Waals surface area contributed by atoms with Crippen LogP contribution in [0.25, 0.3) is 0 Å². The second-order valence-corrected chi connectivity index (χ2v) is 2.59. The zero-order valence-electron chi connectivity index (χ0n) is 6.79. The summed E-state index contributed by atoms with van der Waals surface area (Å²) in [6.07, 6.45) is 0. The average Bonchev–Trinajstić information content (AvgIpc) is 1.88. The van der Waals surface area contributed by atoms with Crippen molar-refractivity contribution in [3.8, 4) is 0 Å². The smallest absolute Gasteiger partial charge is 0 e. The Morgan fingerprint density at radius 1 is 1.18 bits per heavy atom. The van der Waals surface area contributed by atoms with Crippen LogP contribution in [0.5, 0.6) is 0 Å². The third-order valence-electron chi connectivity index (χ3n) is 1.50. The molecular weight excluding hydrogens is 306 g/mol. The van der Waals surface area contributed by atoms with E-state index in [0.717, 1.165) is 11.3 Å². The summed E-state index contributed by atoms with van der Waals surface area (Å²) >= 11 is 0. The maximum absolute atomic E-state index is 5.70. The summed E-state index contributed by atoms with van der Waals surface area (Å²) < 4.78 is 0. The molecule has 11 heavy (non-hydrogen) atoms. The summed E-state index contributed by atoms with van der Waals surface area (Å²) in [5, 5.41) is 0. The first-order chi connectivity index (χ1) is 4.72. The van der Waals surface area contributed by atoms with Crippen molar-refractivity contribution in [3.63, 3.8) is 0 Å². The van der Waals surface area contributed by atoms with E-state index in [9.17, 15) is 0 Å². The normalized spacial score (nSPS) is 8.55. The Kier molecular flexibility index (Phi) is 4.28. The second kappa shape index (κ2) is 4.46. The predicted molar refractivity (Wildman–Crippen MR) is 44.5 cm³/mol. The molecule has 0 radical (unpaired) electrons. The van der Waals surface area contributed by atoms with E-state index in [2.05, 4.69) is 13.8 Å². The fourth-order valence-electron chi connectivity index (χ4n) is 0.952. The van der Waals surface area contributed by atoms with Gasteiger partial charge in [-0.1, -0.05) is 31.7 Å². The zero-order chi connectivity index (χ0) is 7.56. The molecule has 60 valence electrons. The summed E-state index contributed by atoms with van der Waals surface area (Å²) in [7, 11) is 0. The Morgan fingerprint density at radius 2 is 1.73 bits per heavy atom. The molecule has 2 N–H and O–H groups in total. The maximum atomic E-state index is 5.70. The number of anilines is 1. The summed E-state index contributed by atoms with van der Waals surface area (Å²) in [6, 6.07) is 7.90. The van der Waals surface area contributed by atoms with E-state index in [1.165, 1.54) is 5.92 Å². The summed E-state index contributed by atoms with van der Waals surface area (Å²) in [5.74, 6) is 1.26. The third kappa shape index (κ3) is 2.59. The van der Waals surface area contributed by atoms with Gasteiger partial charge < -0.3 is 5.73 Å². The van der Waals surface area contributed by atoms with Crippen LogP contribution in [0.4, 0.5) is 5.69 Å². The molecule has 0 heterocycles. The minimum absolute atomic E-state index is 0. The van der Waals surface area contributed by atoms with E-state index < -0.39 is 0 Å². The molecule has 1 nitrogen and oxygen atoms in total. The number of para-hydroxylation sites is 1. The van der Waals surface area contributed by atoms with E-state index in [1.807, 2.05) is 24.3 Å². The van der Waals surface area contributed by atoms with Crippen molar-refractivity contribution < 1.29 is 21.1 Å². The summed E-state index contributed by atoms with van der Waals surface area (Å²) in [6.45, 7) is 4.12. The fraction of sp³-hybridized carbons (Fsp3) is 0.222. The van der Waals surface area contributed by atoms with Crippen LogP contribution in [0.1, 0.15) is 19.4 Å². The van der Waals surface area contributed by atoms with Crippen LogP contribution in [-0.4, -0.2) is 0 Å². The first-order valence-electron chi connectivity index (χ1n) is 3.37. The Bertz CT molecular complexity index is 221. The van der Waals surface area contributed by atoms with E-state index in [0.29, 0.717) is 0 Å². The molecule has 0 aliphatic heterocycles. The Morgan fingerprint density at radius 3 is 2.09 bits per heavy atom. The third-order valence-corrected chi connectivity index (χ3v) is 1.50. The molecule has 0 amide bonds. The van der Waals surface area contributed by atoms with Gasteiger partial charge in [-0.25, -0.2) is 0 Å². The quantitative estimate of drug-likeness (QED) is 0.624. The Balaban J connectivity index is 0.000001000. The van der Waals surface area contributed by atoms with E-state index >= 15 is 0 Å². The van der Waals surface area contributed by atoms with Gasteiger partial charge in [0.2, 0.25) is 0 Å². The van der Waals surface area contributed by atoms with Gasteiger partial charge in [0, 0.05) is 21.1 Å². The van der Waals surface area contributed by atoms with Gasteiger partial charge in [-0.3, -0.25) is 0 Å². The predicted octanol–water partition coefficient (Wildman–Crippen LogP) is 2.23. The van der Waals surface area contributed by atoms with E-state index in [4.69, 9.17) is 5.73 Å². The average molecular weight is 318 g/mol. The number of nitrogens with two attached hydrogens (primary N) is 1. The van der Waals surface area contributed by atoms with Crippen molar-refractivity contribution in [2.24, 2.45) is 0 Å². The zero-order valence-corrected chi connectivity index (χ0v) is 9.73. The van der Waals surface area contributed by atoms with Crippen LogP contribution in [-0.2, 0) is 21.1 Å². The number of rotatable bonds is 1. The van der Waals surface area contributed by atoms with E-state index in [-0.39, 0.29) is 21.1 Å². The molecule has 0 saturated heterocycles. The number of hydrogen-bond acceptors (Lipinski definition) is 1. The molecule has 0 fully saturated rings. The number of nitrogen functional groups attached to an aromatic ring is 1. The first kappa shape index (κ1) is 10.6. The molecule has 0 atom stereocenters. The van der Waals surface area contributed by atoms with Gasteiger partial charge in [-0.2, -0.15) is 17.5 Å². The molecule has 0 spiro atoms. The minimum Gasteiger partial charge on any atom is -0.449 e. The molecule has 1 rings (SSSR count). The van der Waals surface area contributed by atoms with Gasteiger partial charge in [0.1, 0.15) is 0 Å². The van der Waals surface area contributed by atoms with Crippen LogP contribution in [0.15, 0.2) is 24.3 Å². The molecule has 1 aromatic rings. The van der Waals surface area contributed by atoms with Crippen molar-refractivity contribution in [1.29, 1.82) is 0 Å². The van der Waals surface area contributed by atoms with Crippen molar-refractivity contribution in [3.05, 3.63) is 35.7 Å². The molecule has 0 aromatic heterocycles. The van der Waals surface area contributed by atoms with Crippen molar-refractivity contribution in [2.45, 2.75) is 13.8 Å². The van der Waals surface area contributed by atoms with Crippen LogP contribution in [0.2, 0.25) is 0 Å². The standard InChI is InChI=1S/C9H12N.W/c1-7(2)8-5-3-4-6-9(8)10;/h3-6H,10H2,1-2H3;/q-1;. The van der Waals surface area contributed by atoms with Gasteiger partial charge >= 0.3 is 0 Å². The van der Waals surface area contributed by atoms with Gasteiger partial charge in [0.15, 0.2) is 0 Å². The SMILES string of the molecule is C[C-](C)c1ccccc1N.[W]. The van der Waals surface area contributed by atoms with Gasteiger partial charge in [-0.05, 0) is 0 Å². The van der Waals surface area contributed by atoms with Crippen molar-refractivity contribution in [2.75, 3.05) is 5.73 Å². The monoisotopic (exact) mass is 318 g/mol. The molecule has 0 aliphatic carbocycles. The van der Waals surface area contributed by atoms with Crippen molar-refractivity contribution >= 4 is 5.69 Å². The first-order valence-corrected chi connectivity index (χ1v) is 3.37. The van der Waals surface area contributed by atoms with Crippen LogP contribution >= 0.6 is 0 Å². The fourth-order valence-corrected chi connectivity index (χ4v) is 0.952. The molecular formula is C9H12NW-. The Labute approximate surface area is 82.3 Å². The van der Waals surface area contributed by atoms with Crippen molar-refractivity contribution in [1.82, 2.24) is 0 Å². The molecule has 2 heteroatoms. The molecule has 0 aliphatic rings. The summed E-state index contributed by atoms with van der Waals surface area (Å²) in [4.78, 5) is 0. The second-order valence-electron chi connectivity index (χ2n) is 2.59. The Hall–Kier alpha value is -0.422. The molecule has 1 aromatic carbocycles. The molecule has 0 saturated carbocycles. The van der Waals surface area contributed by atoms with E-state index in [1.54, 1.807) is 0 Å². The van der Waals surface area contributed by atoms with Gasteiger partial charge in [-0.15, -0.1) is 6.07 Å². The maximum Gasteiger partial charge on any atom is 0 e. The number of hydrogen-bond donors (Lipinski definition) is 1. The van der Waals surface area contributed by atoms with Crippen LogP contribution in [0.3, 0.4) is 0 Å². The minimum atomic E-state index is 0.